The minimum Gasteiger partial charge on any atom is -0.493 e. The summed E-state index contributed by atoms with van der Waals surface area (Å²) in [6.07, 6.45) is 4.88. The molecule has 0 fully saturated rings. The van der Waals surface area contributed by atoms with E-state index in [2.05, 4.69) is 25.5 Å². The van der Waals surface area contributed by atoms with Crippen molar-refractivity contribution in [3.05, 3.63) is 59.7 Å². The predicted octanol–water partition coefficient (Wildman–Crippen LogP) is 3.11. The molecule has 3 aromatic heterocycles. The third-order valence-electron chi connectivity index (χ3n) is 5.72. The molecular formula is C21H17FN6O2. The van der Waals surface area contributed by atoms with Crippen LogP contribution >= 0.6 is 0 Å². The Hall–Kier alpha value is -3.75. The fourth-order valence-electron chi connectivity index (χ4n) is 4.24. The summed E-state index contributed by atoms with van der Waals surface area (Å²) in [7, 11) is 0. The van der Waals surface area contributed by atoms with Crippen LogP contribution in [0.3, 0.4) is 0 Å². The minimum atomic E-state index is -0.256. The van der Waals surface area contributed by atoms with Crippen molar-refractivity contribution in [3.8, 4) is 22.6 Å². The van der Waals surface area contributed by atoms with Crippen LogP contribution in [0.25, 0.3) is 16.8 Å². The minimum absolute atomic E-state index is 0.0414. The number of aryl methyl sites for hydroxylation is 1. The number of aromatic nitrogens is 5. The predicted molar refractivity (Wildman–Crippen MR) is 106 cm³/mol. The number of benzene rings is 1. The second-order valence-corrected chi connectivity index (χ2v) is 7.43. The summed E-state index contributed by atoms with van der Waals surface area (Å²) >= 11 is 0. The van der Waals surface area contributed by atoms with E-state index < -0.39 is 0 Å². The molecule has 0 unspecified atom stereocenters. The molecule has 8 nitrogen and oxygen atoms in total. The summed E-state index contributed by atoms with van der Waals surface area (Å²) < 4.78 is 28.5. The Morgan fingerprint density at radius 1 is 1.17 bits per heavy atom. The second kappa shape index (κ2) is 6.38. The normalized spacial score (nSPS) is 17.1. The van der Waals surface area contributed by atoms with E-state index >= 15 is 0 Å². The number of halogens is 1. The van der Waals surface area contributed by atoms with Crippen LogP contribution in [0.2, 0.25) is 0 Å². The number of hydrogen-bond donors (Lipinski definition) is 1. The van der Waals surface area contributed by atoms with Gasteiger partial charge in [0.05, 0.1) is 19.1 Å². The fourth-order valence-corrected chi connectivity index (χ4v) is 4.24. The highest BCUT2D eigenvalue weighted by atomic mass is 19.1. The van der Waals surface area contributed by atoms with Crippen LogP contribution in [0.4, 0.5) is 10.2 Å². The summed E-state index contributed by atoms with van der Waals surface area (Å²) in [5.41, 5.74) is 4.62. The van der Waals surface area contributed by atoms with Crippen LogP contribution in [0.15, 0.2) is 37.1 Å². The standard InChI is InChI=1S/C21H17FN6O2/c1-11-14(5-23-9-25-11)13-4-18-21(28-10-26-27-20(13)28)24-6-15-16(22)2-3-17-19(15)12(7-29-17)8-30-18/h2-5,9-10,12,24H,6-8H2,1H3/t12-/m0/s1. The Kier molecular flexibility index (Phi) is 3.64. The zero-order chi connectivity index (χ0) is 20.2. The van der Waals surface area contributed by atoms with Crippen molar-refractivity contribution < 1.29 is 13.9 Å². The Bertz CT molecular complexity index is 1300. The van der Waals surface area contributed by atoms with Crippen LogP contribution < -0.4 is 14.8 Å². The van der Waals surface area contributed by atoms with Gasteiger partial charge in [0.2, 0.25) is 0 Å². The first kappa shape index (κ1) is 17.1. The molecule has 0 saturated carbocycles. The van der Waals surface area contributed by atoms with Gasteiger partial charge in [-0.2, -0.15) is 0 Å². The van der Waals surface area contributed by atoms with Gasteiger partial charge in [0, 0.05) is 40.7 Å². The van der Waals surface area contributed by atoms with E-state index in [0.717, 1.165) is 28.1 Å². The molecule has 0 radical (unpaired) electrons. The first-order valence-electron chi connectivity index (χ1n) is 9.65. The van der Waals surface area contributed by atoms with Gasteiger partial charge < -0.3 is 14.8 Å². The molecule has 150 valence electrons. The van der Waals surface area contributed by atoms with Gasteiger partial charge in [-0.15, -0.1) is 10.2 Å². The van der Waals surface area contributed by atoms with E-state index in [-0.39, 0.29) is 11.7 Å². The molecule has 2 aliphatic rings. The third kappa shape index (κ3) is 2.44. The quantitative estimate of drug-likeness (QED) is 0.522. The Balaban J connectivity index is 1.54. The topological polar surface area (TPSA) is 86.5 Å². The number of fused-ring (bicyclic) bond motifs is 3. The summed E-state index contributed by atoms with van der Waals surface area (Å²) in [5, 5.41) is 11.7. The van der Waals surface area contributed by atoms with Gasteiger partial charge in [-0.05, 0) is 25.1 Å². The highest BCUT2D eigenvalue weighted by Crippen LogP contribution is 2.41. The average Bonchev–Trinajstić information content (AvgIpc) is 3.40. The molecule has 0 aliphatic carbocycles. The van der Waals surface area contributed by atoms with Gasteiger partial charge in [0.1, 0.15) is 24.2 Å². The lowest BCUT2D eigenvalue weighted by molar-refractivity contribution is 0.249. The molecule has 30 heavy (non-hydrogen) atoms. The van der Waals surface area contributed by atoms with E-state index in [1.165, 1.54) is 12.4 Å². The molecule has 0 saturated heterocycles. The molecule has 5 heterocycles. The lowest BCUT2D eigenvalue weighted by Gasteiger charge is -2.17. The number of nitrogens with zero attached hydrogens (tertiary/aromatic N) is 5. The first-order valence-corrected chi connectivity index (χ1v) is 9.65. The maximum absolute atomic E-state index is 14.7. The smallest absolute Gasteiger partial charge is 0.170 e. The van der Waals surface area contributed by atoms with Crippen molar-refractivity contribution in [1.29, 1.82) is 0 Å². The molecule has 4 aromatic rings. The van der Waals surface area contributed by atoms with Crippen molar-refractivity contribution in [2.75, 3.05) is 18.5 Å². The van der Waals surface area contributed by atoms with Crippen molar-refractivity contribution in [2.24, 2.45) is 0 Å². The maximum atomic E-state index is 14.7. The fraction of sp³-hybridized carbons (Fsp3) is 0.238. The monoisotopic (exact) mass is 404 g/mol. The Morgan fingerprint density at radius 2 is 2.03 bits per heavy atom. The zero-order valence-corrected chi connectivity index (χ0v) is 16.1. The van der Waals surface area contributed by atoms with Crippen LogP contribution in [-0.4, -0.2) is 37.8 Å². The van der Waals surface area contributed by atoms with Crippen molar-refractivity contribution >= 4 is 11.5 Å². The summed E-state index contributed by atoms with van der Waals surface area (Å²) in [4.78, 5) is 8.45. The summed E-state index contributed by atoms with van der Waals surface area (Å²) in [6, 6.07) is 5.06. The van der Waals surface area contributed by atoms with Gasteiger partial charge in [-0.3, -0.25) is 4.40 Å². The number of nitrogens with one attached hydrogen (secondary N) is 1. The van der Waals surface area contributed by atoms with Gasteiger partial charge in [0.25, 0.3) is 0 Å². The average molecular weight is 404 g/mol. The van der Waals surface area contributed by atoms with Gasteiger partial charge in [-0.25, -0.2) is 14.4 Å². The summed E-state index contributed by atoms with van der Waals surface area (Å²) in [6.45, 7) is 3.05. The van der Waals surface area contributed by atoms with Crippen LogP contribution in [-0.2, 0) is 6.54 Å². The summed E-state index contributed by atoms with van der Waals surface area (Å²) in [5.74, 6) is 1.72. The van der Waals surface area contributed by atoms with E-state index in [0.29, 0.717) is 42.5 Å². The van der Waals surface area contributed by atoms with Gasteiger partial charge in [0.15, 0.2) is 17.2 Å². The molecule has 6 rings (SSSR count). The molecule has 1 atom stereocenters. The number of hydrogen-bond acceptors (Lipinski definition) is 7. The molecule has 1 aromatic carbocycles. The number of rotatable bonds is 1. The van der Waals surface area contributed by atoms with Crippen molar-refractivity contribution in [1.82, 2.24) is 24.6 Å². The largest absolute Gasteiger partial charge is 0.493 e. The van der Waals surface area contributed by atoms with Crippen molar-refractivity contribution in [2.45, 2.75) is 19.4 Å². The number of ether oxygens (including phenoxy) is 2. The van der Waals surface area contributed by atoms with E-state index in [1.54, 1.807) is 18.6 Å². The lowest BCUT2D eigenvalue weighted by atomic mass is 9.96. The molecular weight excluding hydrogens is 387 g/mol. The van der Waals surface area contributed by atoms with Gasteiger partial charge >= 0.3 is 0 Å². The number of anilines is 1. The molecule has 2 aliphatic heterocycles. The van der Waals surface area contributed by atoms with Crippen LogP contribution in [0, 0.1) is 12.7 Å². The molecule has 1 N–H and O–H groups in total. The lowest BCUT2D eigenvalue weighted by Crippen LogP contribution is -2.13. The zero-order valence-electron chi connectivity index (χ0n) is 16.1. The van der Waals surface area contributed by atoms with E-state index in [4.69, 9.17) is 9.47 Å². The molecule has 0 bridgehead atoms. The highest BCUT2D eigenvalue weighted by Gasteiger charge is 2.31. The SMILES string of the molecule is Cc1ncncc1-c1cc2c(n3cnnc13)NCc1c(F)ccc3c1[C@@H](CO3)CO2. The van der Waals surface area contributed by atoms with Gasteiger partial charge in [-0.1, -0.05) is 0 Å². The van der Waals surface area contributed by atoms with Crippen LogP contribution in [0.5, 0.6) is 11.5 Å². The molecule has 0 spiro atoms. The number of pyridine rings is 1. The highest BCUT2D eigenvalue weighted by molar-refractivity contribution is 5.82. The first-order chi connectivity index (χ1) is 14.7. The Labute approximate surface area is 170 Å². The maximum Gasteiger partial charge on any atom is 0.170 e. The van der Waals surface area contributed by atoms with E-state index in [9.17, 15) is 4.39 Å². The van der Waals surface area contributed by atoms with Crippen LogP contribution in [0.1, 0.15) is 22.7 Å². The van der Waals surface area contributed by atoms with Crippen molar-refractivity contribution in [3.63, 3.8) is 0 Å². The molecule has 9 heteroatoms. The third-order valence-corrected chi connectivity index (χ3v) is 5.72. The second-order valence-electron chi connectivity index (χ2n) is 7.43. The van der Waals surface area contributed by atoms with E-state index in [1.807, 2.05) is 17.4 Å². The Morgan fingerprint density at radius 3 is 2.90 bits per heavy atom. The molecule has 0 amide bonds.